The molecule has 2 unspecified atom stereocenters. The number of unbranched alkanes of at least 4 members (excludes halogenated alkanes) is 1. The Balaban J connectivity index is 2.40. The normalized spacial score (nSPS) is 25.8. The van der Waals surface area contributed by atoms with Crippen LogP contribution >= 0.6 is 0 Å². The summed E-state index contributed by atoms with van der Waals surface area (Å²) in [6.07, 6.45) is 6.34. The third kappa shape index (κ3) is 3.17. The maximum absolute atomic E-state index is 2.69. The first kappa shape index (κ1) is 23.6. The van der Waals surface area contributed by atoms with E-state index in [1.807, 2.05) is 0 Å². The molecular weight excluding hydrogens is 696 g/mol. The van der Waals surface area contributed by atoms with E-state index in [2.05, 4.69) is 65.2 Å². The molecule has 0 radical (unpaired) electrons. The predicted octanol–water partition coefficient (Wildman–Crippen LogP) is 5.84. The van der Waals surface area contributed by atoms with Gasteiger partial charge in [0.1, 0.15) is 0 Å². The Bertz CT molecular complexity index is 859. The zero-order chi connectivity index (χ0) is 21.7. The second-order valence-corrected chi connectivity index (χ2v) is 12.1. The molecule has 4 heteroatoms. The summed E-state index contributed by atoms with van der Waals surface area (Å²) in [4.78, 5) is 5.37. The summed E-state index contributed by atoms with van der Waals surface area (Å²) in [6, 6.07) is 0. The quantitative estimate of drug-likeness (QED) is 0.348. The zero-order valence-electron chi connectivity index (χ0n) is 19.7. The molecule has 0 saturated carbocycles. The fourth-order valence-corrected chi connectivity index (χ4v) is 9.15. The molecule has 3 rings (SSSR count). The molecular formula is C25H38N2W2. The van der Waals surface area contributed by atoms with E-state index >= 15 is 0 Å². The van der Waals surface area contributed by atoms with Gasteiger partial charge in [-0.25, -0.2) is 0 Å². The van der Waals surface area contributed by atoms with Gasteiger partial charge in [-0.05, 0) is 0 Å². The first-order valence-electron chi connectivity index (χ1n) is 11.5. The molecule has 0 aliphatic carbocycles. The van der Waals surface area contributed by atoms with Crippen molar-refractivity contribution >= 4 is 19.4 Å². The molecule has 2 atom stereocenters. The molecule has 0 amide bonds. The van der Waals surface area contributed by atoms with E-state index in [-0.39, 0.29) is 10.8 Å². The Morgan fingerprint density at radius 3 is 1.45 bits per heavy atom. The predicted molar refractivity (Wildman–Crippen MR) is 121 cm³/mol. The van der Waals surface area contributed by atoms with Gasteiger partial charge in [-0.1, -0.05) is 0 Å². The van der Waals surface area contributed by atoms with E-state index in [4.69, 9.17) is 0 Å². The van der Waals surface area contributed by atoms with Crippen LogP contribution in [0, 0.1) is 13.8 Å². The average Bonchev–Trinajstić information content (AvgIpc) is 3.05. The summed E-state index contributed by atoms with van der Waals surface area (Å²) in [5.41, 5.74) is 9.94. The second kappa shape index (κ2) is 8.46. The van der Waals surface area contributed by atoms with Gasteiger partial charge in [-0.3, -0.25) is 0 Å². The van der Waals surface area contributed by atoms with Gasteiger partial charge in [0.2, 0.25) is 0 Å². The van der Waals surface area contributed by atoms with Crippen molar-refractivity contribution in [2.24, 2.45) is 0 Å². The monoisotopic (exact) mass is 734 g/mol. The Hall–Kier alpha value is -0.0634. The molecule has 0 saturated heterocycles. The zero-order valence-corrected chi connectivity index (χ0v) is 25.5. The minimum atomic E-state index is 0.196. The van der Waals surface area contributed by atoms with Crippen LogP contribution in [0.5, 0.6) is 0 Å². The first-order chi connectivity index (χ1) is 13.6. The number of nitrogens with zero attached hydrogens (tertiary/aromatic N) is 2. The topological polar surface area (TPSA) is 6.48 Å². The van der Waals surface area contributed by atoms with Crippen molar-refractivity contribution in [3.8, 4) is 0 Å². The number of anilines is 2. The standard InChI is InChI=1S/C25H38N2.2W/c1-9-13-15-25(8)17-27(12-4)23-18(5)20-22(19(6)21(23)25)26(11-3)16-24(20,7)14-10-2;;/h9-15H2,1-8H3;;. The molecule has 29 heavy (non-hydrogen) atoms. The molecule has 1 aromatic carbocycles. The summed E-state index contributed by atoms with van der Waals surface area (Å²) in [6.45, 7) is 21.5. The molecule has 2 nitrogen and oxygen atoms in total. The number of likely N-dealkylation sites (N-methyl/N-ethyl adjacent to an activating group) is 2. The second-order valence-electron chi connectivity index (χ2n) is 9.31. The van der Waals surface area contributed by atoms with Crippen LogP contribution in [0.3, 0.4) is 0 Å². The molecule has 0 N–H and O–H groups in total. The van der Waals surface area contributed by atoms with Gasteiger partial charge in [0.25, 0.3) is 0 Å². The van der Waals surface area contributed by atoms with Gasteiger partial charge in [0.15, 0.2) is 0 Å². The molecule has 0 spiro atoms. The van der Waals surface area contributed by atoms with Crippen molar-refractivity contribution in [1.29, 1.82) is 0 Å². The van der Waals surface area contributed by atoms with Crippen molar-refractivity contribution < 1.29 is 38.7 Å². The fraction of sp³-hybridized carbons (Fsp3) is 0.680. The third-order valence-electron chi connectivity index (χ3n) is 7.42. The van der Waals surface area contributed by atoms with E-state index in [1.165, 1.54) is 32.1 Å². The molecule has 2 aliphatic rings. The Kier molecular flexibility index (Phi) is 6.89. The van der Waals surface area contributed by atoms with Crippen molar-refractivity contribution in [3.63, 3.8) is 0 Å². The van der Waals surface area contributed by atoms with Crippen LogP contribution in [-0.2, 0) is 49.5 Å². The number of hydrogen-bond acceptors (Lipinski definition) is 2. The summed E-state index contributed by atoms with van der Waals surface area (Å²) < 4.78 is 3.28. The third-order valence-corrected chi connectivity index (χ3v) is 12.2. The van der Waals surface area contributed by atoms with Crippen molar-refractivity contribution in [2.75, 3.05) is 22.9 Å². The number of rotatable bonds is 7. The van der Waals surface area contributed by atoms with Crippen LogP contribution < -0.4 is 9.80 Å². The number of hydrogen-bond donors (Lipinski definition) is 0. The van der Waals surface area contributed by atoms with Crippen molar-refractivity contribution in [3.05, 3.63) is 22.3 Å². The van der Waals surface area contributed by atoms with Crippen LogP contribution in [0.15, 0.2) is 0 Å². The van der Waals surface area contributed by atoms with E-state index in [9.17, 15) is 0 Å². The van der Waals surface area contributed by atoms with Crippen molar-refractivity contribution in [2.45, 2.75) is 98.3 Å². The molecule has 0 bridgehead atoms. The van der Waals surface area contributed by atoms with E-state index < -0.39 is 0 Å². The summed E-state index contributed by atoms with van der Waals surface area (Å²) >= 11 is 3.28. The Labute approximate surface area is 200 Å². The van der Waals surface area contributed by atoms with Gasteiger partial charge < -0.3 is 0 Å². The molecule has 0 aromatic heterocycles. The molecule has 2 heterocycles. The van der Waals surface area contributed by atoms with Crippen molar-refractivity contribution in [1.82, 2.24) is 0 Å². The molecule has 1 aromatic rings. The van der Waals surface area contributed by atoms with Crippen LogP contribution in [0.1, 0.15) is 95.9 Å². The molecule has 160 valence electrons. The van der Waals surface area contributed by atoms with E-state index in [1.54, 1.807) is 80.4 Å². The van der Waals surface area contributed by atoms with Gasteiger partial charge >= 0.3 is 202 Å². The number of fused-ring (bicyclic) bond motifs is 2. The van der Waals surface area contributed by atoms with Crippen LogP contribution in [0.2, 0.25) is 0 Å². The molecule has 2 aliphatic heterocycles. The van der Waals surface area contributed by atoms with Crippen LogP contribution in [-0.4, -0.2) is 21.1 Å². The van der Waals surface area contributed by atoms with Gasteiger partial charge in [0.05, 0.1) is 0 Å². The van der Waals surface area contributed by atoms with E-state index in [0.29, 0.717) is 0 Å². The number of benzene rings is 1. The fourth-order valence-electron chi connectivity index (χ4n) is 6.10. The summed E-state index contributed by atoms with van der Waals surface area (Å²) in [5.74, 6) is 0. The molecule has 0 fully saturated rings. The summed E-state index contributed by atoms with van der Waals surface area (Å²) in [5, 5.41) is 0. The van der Waals surface area contributed by atoms with E-state index in [0.717, 1.165) is 13.1 Å². The SMILES string of the molecule is CCCCC1(C)[C](=[W])N(CC)c2c(C)c3c(c(C)c21)N(CC)[C](=[W])C3(C)CCC. The Morgan fingerprint density at radius 1 is 0.690 bits per heavy atom. The van der Waals surface area contributed by atoms with Crippen LogP contribution in [0.25, 0.3) is 0 Å². The average molecular weight is 734 g/mol. The van der Waals surface area contributed by atoms with Gasteiger partial charge in [0, 0.05) is 0 Å². The Morgan fingerprint density at radius 2 is 1.10 bits per heavy atom. The van der Waals surface area contributed by atoms with Gasteiger partial charge in [-0.15, -0.1) is 0 Å². The first-order valence-corrected chi connectivity index (χ1v) is 14.4. The van der Waals surface area contributed by atoms with Crippen LogP contribution in [0.4, 0.5) is 11.4 Å². The summed E-state index contributed by atoms with van der Waals surface area (Å²) in [7, 11) is 0. The van der Waals surface area contributed by atoms with Gasteiger partial charge in [-0.2, -0.15) is 0 Å². The maximum atomic E-state index is 2.69. The minimum absolute atomic E-state index is 0.196.